The fourth-order valence-electron chi connectivity index (χ4n) is 4.27. The van der Waals surface area contributed by atoms with E-state index in [9.17, 15) is 9.59 Å². The lowest BCUT2D eigenvalue weighted by Crippen LogP contribution is -2.29. The summed E-state index contributed by atoms with van der Waals surface area (Å²) in [4.78, 5) is 33.2. The summed E-state index contributed by atoms with van der Waals surface area (Å²) in [6.45, 7) is 9.30. The Kier molecular flexibility index (Phi) is 6.42. The molecule has 0 saturated carbocycles. The topological polar surface area (TPSA) is 66.1 Å². The summed E-state index contributed by atoms with van der Waals surface area (Å²) >= 11 is 2.92. The number of fused-ring (bicyclic) bond motifs is 1. The zero-order valence-electron chi connectivity index (χ0n) is 18.8. The van der Waals surface area contributed by atoms with Crippen molar-refractivity contribution in [2.24, 2.45) is 7.05 Å². The largest absolute Gasteiger partial charge is 0.376 e. The van der Waals surface area contributed by atoms with E-state index in [2.05, 4.69) is 6.92 Å². The van der Waals surface area contributed by atoms with Crippen molar-refractivity contribution in [2.75, 3.05) is 12.4 Å². The molecule has 4 rings (SSSR count). The van der Waals surface area contributed by atoms with E-state index in [4.69, 9.17) is 9.72 Å². The lowest BCUT2D eigenvalue weighted by Gasteiger charge is -2.16. The first kappa shape index (κ1) is 22.3. The van der Waals surface area contributed by atoms with Crippen LogP contribution in [-0.2, 0) is 24.8 Å². The van der Waals surface area contributed by atoms with Crippen molar-refractivity contribution >= 4 is 39.1 Å². The van der Waals surface area contributed by atoms with Crippen LogP contribution in [0, 0.1) is 20.8 Å². The Hall–Kier alpha value is -1.90. The van der Waals surface area contributed by atoms with Crippen LogP contribution in [0.5, 0.6) is 0 Å². The highest BCUT2D eigenvalue weighted by Crippen LogP contribution is 2.30. The minimum atomic E-state index is -0.0108. The van der Waals surface area contributed by atoms with Crippen molar-refractivity contribution in [1.82, 2.24) is 14.1 Å². The van der Waals surface area contributed by atoms with E-state index in [1.165, 1.54) is 11.8 Å². The average Bonchev–Trinajstić information content (AvgIpc) is 3.43. The number of hydrogen-bond acceptors (Lipinski definition) is 6. The van der Waals surface area contributed by atoms with Crippen LogP contribution < -0.4 is 5.56 Å². The molecule has 0 N–H and O–H groups in total. The van der Waals surface area contributed by atoms with Gasteiger partial charge in [0.25, 0.3) is 5.56 Å². The molecule has 1 aliphatic rings. The molecule has 1 fully saturated rings. The number of aromatic nitrogens is 3. The third-order valence-electron chi connectivity index (χ3n) is 6.25. The van der Waals surface area contributed by atoms with Gasteiger partial charge in [0.1, 0.15) is 4.83 Å². The molecule has 0 amide bonds. The number of Topliss-reactive ketones (excluding diaryl/α,β-unsaturated/α-hetero) is 1. The van der Waals surface area contributed by atoms with Gasteiger partial charge in [-0.25, -0.2) is 4.98 Å². The first-order valence-corrected chi connectivity index (χ1v) is 12.5. The number of hydrogen-bond donors (Lipinski definition) is 0. The van der Waals surface area contributed by atoms with Gasteiger partial charge in [-0.15, -0.1) is 11.3 Å². The van der Waals surface area contributed by atoms with Gasteiger partial charge in [-0.05, 0) is 51.7 Å². The van der Waals surface area contributed by atoms with Crippen LogP contribution in [0.3, 0.4) is 0 Å². The van der Waals surface area contributed by atoms with E-state index in [1.54, 1.807) is 15.9 Å². The maximum Gasteiger partial charge on any atom is 0.263 e. The molecule has 0 aliphatic carbocycles. The predicted octanol–water partition coefficient (Wildman–Crippen LogP) is 4.44. The van der Waals surface area contributed by atoms with Crippen LogP contribution in [0.1, 0.15) is 52.0 Å². The average molecular weight is 460 g/mol. The molecular weight excluding hydrogens is 430 g/mol. The van der Waals surface area contributed by atoms with Crippen molar-refractivity contribution in [3.8, 4) is 0 Å². The van der Waals surface area contributed by atoms with Gasteiger partial charge in [0.05, 0.1) is 23.8 Å². The van der Waals surface area contributed by atoms with Gasteiger partial charge in [0, 0.05) is 35.5 Å². The minimum absolute atomic E-state index is 0.0108. The minimum Gasteiger partial charge on any atom is -0.376 e. The molecule has 1 saturated heterocycles. The van der Waals surface area contributed by atoms with E-state index < -0.39 is 0 Å². The second-order valence-corrected chi connectivity index (χ2v) is 10.3. The zero-order valence-corrected chi connectivity index (χ0v) is 20.4. The van der Waals surface area contributed by atoms with Crippen LogP contribution >= 0.6 is 23.1 Å². The van der Waals surface area contributed by atoms with Crippen molar-refractivity contribution in [2.45, 2.75) is 64.8 Å². The van der Waals surface area contributed by atoms with Crippen molar-refractivity contribution in [1.29, 1.82) is 0 Å². The maximum absolute atomic E-state index is 13.5. The van der Waals surface area contributed by atoms with Crippen LogP contribution in [0.2, 0.25) is 0 Å². The number of thiophene rings is 1. The predicted molar refractivity (Wildman–Crippen MR) is 127 cm³/mol. The first-order chi connectivity index (χ1) is 14.8. The van der Waals surface area contributed by atoms with E-state index in [0.29, 0.717) is 11.7 Å². The highest BCUT2D eigenvalue weighted by atomic mass is 32.2. The Bertz CT molecular complexity index is 1200. The summed E-state index contributed by atoms with van der Waals surface area (Å²) in [6.07, 6.45) is 2.79. The summed E-state index contributed by atoms with van der Waals surface area (Å²) in [7, 11) is 1.97. The molecule has 0 spiro atoms. The highest BCUT2D eigenvalue weighted by Gasteiger charge is 2.23. The molecule has 4 heterocycles. The van der Waals surface area contributed by atoms with Crippen molar-refractivity contribution in [3.05, 3.63) is 43.8 Å². The van der Waals surface area contributed by atoms with Gasteiger partial charge in [-0.2, -0.15) is 0 Å². The molecule has 3 aromatic rings. The Labute approximate surface area is 190 Å². The number of aryl methyl sites for hydroxylation is 3. The van der Waals surface area contributed by atoms with E-state index >= 15 is 0 Å². The number of thioether (sulfide) groups is 1. The van der Waals surface area contributed by atoms with Gasteiger partial charge in [-0.1, -0.05) is 18.7 Å². The lowest BCUT2D eigenvalue weighted by molar-refractivity contribution is 0.0937. The number of carbonyl (C=O) groups is 1. The van der Waals surface area contributed by atoms with E-state index in [0.717, 1.165) is 63.5 Å². The summed E-state index contributed by atoms with van der Waals surface area (Å²) < 4.78 is 9.57. The number of carbonyl (C=O) groups excluding carboxylic acids is 1. The number of ether oxygens (including phenoxy) is 1. The van der Waals surface area contributed by atoms with Gasteiger partial charge in [0.2, 0.25) is 0 Å². The smallest absolute Gasteiger partial charge is 0.263 e. The van der Waals surface area contributed by atoms with Crippen LogP contribution in [0.15, 0.2) is 16.0 Å². The van der Waals surface area contributed by atoms with E-state index in [-0.39, 0.29) is 23.2 Å². The number of nitrogens with zero attached hydrogens (tertiary/aromatic N) is 3. The summed E-state index contributed by atoms with van der Waals surface area (Å²) in [5.74, 6) is 0.305. The molecule has 166 valence electrons. The summed E-state index contributed by atoms with van der Waals surface area (Å²) in [5.41, 5.74) is 3.83. The van der Waals surface area contributed by atoms with E-state index in [1.807, 2.05) is 38.5 Å². The molecule has 1 unspecified atom stereocenters. The summed E-state index contributed by atoms with van der Waals surface area (Å²) in [6, 6.07) is 1.93. The maximum atomic E-state index is 13.5. The molecule has 3 aromatic heterocycles. The molecule has 0 bridgehead atoms. The van der Waals surface area contributed by atoms with Crippen LogP contribution in [-0.4, -0.2) is 38.4 Å². The fraction of sp³-hybridized carbons (Fsp3) is 0.522. The van der Waals surface area contributed by atoms with Crippen LogP contribution in [0.4, 0.5) is 0 Å². The third kappa shape index (κ3) is 4.13. The SMILES string of the molecule is CCc1c(C)sc2nc(SCC(=O)c3cc(C)n(C)c3C)n(CC3CCCO3)c(=O)c12. The fourth-order valence-corrected chi connectivity index (χ4v) is 6.31. The summed E-state index contributed by atoms with van der Waals surface area (Å²) in [5, 5.41) is 1.34. The molecule has 1 aliphatic heterocycles. The standard InChI is InChI=1S/C23H29N3O3S2/c1-6-17-15(4)31-21-20(17)22(28)26(11-16-8-7-9-29-16)23(24-21)30-12-19(27)18-10-13(2)25(5)14(18)3/h10,16H,6-9,11-12H2,1-5H3. The molecule has 8 heteroatoms. The second-order valence-electron chi connectivity index (χ2n) is 8.17. The highest BCUT2D eigenvalue weighted by molar-refractivity contribution is 7.99. The molecule has 0 aromatic carbocycles. The van der Waals surface area contributed by atoms with Gasteiger partial charge < -0.3 is 9.30 Å². The lowest BCUT2D eigenvalue weighted by atomic mass is 10.1. The van der Waals surface area contributed by atoms with Gasteiger partial charge in [0.15, 0.2) is 10.9 Å². The van der Waals surface area contributed by atoms with Gasteiger partial charge >= 0.3 is 0 Å². The Morgan fingerprint density at radius 1 is 1.35 bits per heavy atom. The third-order valence-corrected chi connectivity index (χ3v) is 8.27. The molecule has 31 heavy (non-hydrogen) atoms. The monoisotopic (exact) mass is 459 g/mol. The molecule has 1 atom stereocenters. The number of ketones is 1. The molecule has 6 nitrogen and oxygen atoms in total. The Morgan fingerprint density at radius 2 is 2.13 bits per heavy atom. The Morgan fingerprint density at radius 3 is 2.74 bits per heavy atom. The van der Waals surface area contributed by atoms with Crippen molar-refractivity contribution < 1.29 is 9.53 Å². The van der Waals surface area contributed by atoms with Crippen molar-refractivity contribution in [3.63, 3.8) is 0 Å². The Balaban J connectivity index is 1.70. The zero-order chi connectivity index (χ0) is 22.3. The normalized spacial score (nSPS) is 16.5. The number of rotatable bonds is 7. The first-order valence-electron chi connectivity index (χ1n) is 10.7. The van der Waals surface area contributed by atoms with Crippen LogP contribution in [0.25, 0.3) is 10.2 Å². The quantitative estimate of drug-likeness (QED) is 0.297. The second kappa shape index (κ2) is 8.92. The molecular formula is C23H29N3O3S2. The van der Waals surface area contributed by atoms with Gasteiger partial charge in [-0.3, -0.25) is 14.2 Å². The molecule has 0 radical (unpaired) electrons.